The van der Waals surface area contributed by atoms with Crippen LogP contribution < -0.4 is 4.74 Å². The van der Waals surface area contributed by atoms with E-state index in [-0.39, 0.29) is 5.78 Å². The van der Waals surface area contributed by atoms with Gasteiger partial charge >= 0.3 is 0 Å². The Hall–Kier alpha value is -0.480. The third kappa shape index (κ3) is 3.24. The fourth-order valence-electron chi connectivity index (χ4n) is 1.29. The number of Topliss-reactive ketones (excluding diaryl/α,β-unsaturated/α-hetero) is 1. The van der Waals surface area contributed by atoms with E-state index in [0.29, 0.717) is 34.6 Å². The average molecular weight is 289 g/mol. The van der Waals surface area contributed by atoms with Crippen LogP contribution in [0, 0.1) is 0 Å². The summed E-state index contributed by atoms with van der Waals surface area (Å²) in [5, 5.41) is 0.652. The van der Waals surface area contributed by atoms with Crippen molar-refractivity contribution in [1.29, 1.82) is 0 Å². The molecule has 0 radical (unpaired) electrons. The van der Waals surface area contributed by atoms with Gasteiger partial charge in [-0.3, -0.25) is 4.79 Å². The minimum absolute atomic E-state index is 0.0564. The zero-order chi connectivity index (χ0) is 11.3. The highest BCUT2D eigenvalue weighted by Gasteiger charge is 2.14. The van der Waals surface area contributed by atoms with Crippen molar-refractivity contribution in [3.63, 3.8) is 0 Å². The lowest BCUT2D eigenvalue weighted by Crippen LogP contribution is -2.05. The molecular formula is C11H13BrO2S. The molecule has 0 bridgehead atoms. The summed E-state index contributed by atoms with van der Waals surface area (Å²) in [6, 6.07) is 5.43. The van der Waals surface area contributed by atoms with E-state index < -0.39 is 0 Å². The van der Waals surface area contributed by atoms with E-state index in [4.69, 9.17) is 4.74 Å². The van der Waals surface area contributed by atoms with Gasteiger partial charge < -0.3 is 4.74 Å². The molecule has 4 heteroatoms. The molecule has 0 aliphatic rings. The van der Waals surface area contributed by atoms with Crippen molar-refractivity contribution in [2.24, 2.45) is 0 Å². The molecule has 0 saturated heterocycles. The molecular weight excluding hydrogens is 276 g/mol. The number of halogens is 1. The lowest BCUT2D eigenvalue weighted by molar-refractivity contribution is 0.0983. The van der Waals surface area contributed by atoms with Gasteiger partial charge in [-0.2, -0.15) is 0 Å². The van der Waals surface area contributed by atoms with Gasteiger partial charge in [-0.05, 0) is 19.1 Å². The van der Waals surface area contributed by atoms with Crippen molar-refractivity contribution in [2.45, 2.75) is 18.2 Å². The van der Waals surface area contributed by atoms with Crippen LogP contribution in [-0.4, -0.2) is 17.7 Å². The van der Waals surface area contributed by atoms with Crippen molar-refractivity contribution in [3.8, 4) is 5.75 Å². The van der Waals surface area contributed by atoms with Crippen molar-refractivity contribution >= 4 is 34.3 Å². The molecule has 2 nitrogen and oxygen atoms in total. The number of carbonyl (C=O) groups is 1. The molecule has 0 saturated carbocycles. The number of ketones is 1. The van der Waals surface area contributed by atoms with E-state index in [2.05, 4.69) is 28.6 Å². The highest BCUT2D eigenvalue weighted by Crippen LogP contribution is 2.26. The molecule has 0 amide bonds. The lowest BCUT2D eigenvalue weighted by atomic mass is 10.1. The highest BCUT2D eigenvalue weighted by atomic mass is 79.9. The molecule has 82 valence electrons. The standard InChI is InChI=1S/C11H13BrO2S/c1-2-14-9-4-3-5-10(15)11(9)8(13)6-7-12/h3-5,15H,2,6-7H2,1H3. The fraction of sp³-hybridized carbons (Fsp3) is 0.364. The predicted octanol–water partition coefficient (Wildman–Crippen LogP) is 3.34. The molecule has 1 aromatic carbocycles. The van der Waals surface area contributed by atoms with Gasteiger partial charge in [0.2, 0.25) is 0 Å². The third-order valence-corrected chi connectivity index (χ3v) is 2.67. The van der Waals surface area contributed by atoms with E-state index in [9.17, 15) is 4.79 Å². The first-order valence-electron chi connectivity index (χ1n) is 4.74. The second kappa shape index (κ2) is 6.18. The maximum Gasteiger partial charge on any atom is 0.168 e. The van der Waals surface area contributed by atoms with Gasteiger partial charge in [-0.1, -0.05) is 22.0 Å². The molecule has 0 spiro atoms. The van der Waals surface area contributed by atoms with Crippen LogP contribution >= 0.6 is 28.6 Å². The summed E-state index contributed by atoms with van der Waals surface area (Å²) in [6.45, 7) is 2.44. The van der Waals surface area contributed by atoms with Crippen LogP contribution in [0.15, 0.2) is 23.1 Å². The Kier molecular flexibility index (Phi) is 5.19. The van der Waals surface area contributed by atoms with Crippen LogP contribution in [-0.2, 0) is 0 Å². The van der Waals surface area contributed by atoms with Crippen molar-refractivity contribution < 1.29 is 9.53 Å². The first-order valence-corrected chi connectivity index (χ1v) is 6.31. The molecule has 0 N–H and O–H groups in total. The van der Waals surface area contributed by atoms with Crippen molar-refractivity contribution in [2.75, 3.05) is 11.9 Å². The summed E-state index contributed by atoms with van der Waals surface area (Å²) in [5.74, 6) is 0.678. The zero-order valence-electron chi connectivity index (χ0n) is 8.50. The van der Waals surface area contributed by atoms with E-state index in [0.717, 1.165) is 0 Å². The molecule has 0 fully saturated rings. The SMILES string of the molecule is CCOc1cccc(S)c1C(=O)CCBr. The summed E-state index contributed by atoms with van der Waals surface area (Å²) in [7, 11) is 0. The number of hydrogen-bond donors (Lipinski definition) is 1. The summed E-state index contributed by atoms with van der Waals surface area (Å²) in [4.78, 5) is 12.5. The van der Waals surface area contributed by atoms with Gasteiger partial charge in [0.05, 0.1) is 12.2 Å². The number of ether oxygens (including phenoxy) is 1. The third-order valence-electron chi connectivity index (χ3n) is 1.90. The molecule has 1 aromatic rings. The minimum Gasteiger partial charge on any atom is -0.493 e. The van der Waals surface area contributed by atoms with E-state index in [1.807, 2.05) is 13.0 Å². The molecule has 0 aromatic heterocycles. The second-order valence-corrected chi connectivity index (χ2v) is 4.22. The number of rotatable bonds is 5. The van der Waals surface area contributed by atoms with Crippen LogP contribution in [0.2, 0.25) is 0 Å². The van der Waals surface area contributed by atoms with E-state index in [1.165, 1.54) is 0 Å². The molecule has 0 aliphatic carbocycles. The molecule has 0 aliphatic heterocycles. The number of thiol groups is 1. The lowest BCUT2D eigenvalue weighted by Gasteiger charge is -2.10. The van der Waals surface area contributed by atoms with Crippen LogP contribution in [0.4, 0.5) is 0 Å². The Morgan fingerprint density at radius 1 is 1.53 bits per heavy atom. The maximum absolute atomic E-state index is 11.8. The zero-order valence-corrected chi connectivity index (χ0v) is 11.0. The summed E-state index contributed by atoms with van der Waals surface area (Å²) >= 11 is 7.53. The number of carbonyl (C=O) groups excluding carboxylic acids is 1. The monoisotopic (exact) mass is 288 g/mol. The Bertz CT molecular complexity index is 352. The summed E-state index contributed by atoms with van der Waals surface area (Å²) in [5.41, 5.74) is 0.585. The topological polar surface area (TPSA) is 26.3 Å². The molecule has 0 unspecified atom stereocenters. The van der Waals surface area contributed by atoms with Gasteiger partial charge in [-0.15, -0.1) is 12.6 Å². The molecule has 1 rings (SSSR count). The van der Waals surface area contributed by atoms with Gasteiger partial charge in [0, 0.05) is 16.6 Å². The van der Waals surface area contributed by atoms with Gasteiger partial charge in [0.25, 0.3) is 0 Å². The molecule has 0 atom stereocenters. The highest BCUT2D eigenvalue weighted by molar-refractivity contribution is 9.09. The number of hydrogen-bond acceptors (Lipinski definition) is 3. The van der Waals surface area contributed by atoms with E-state index in [1.54, 1.807) is 12.1 Å². The van der Waals surface area contributed by atoms with Gasteiger partial charge in [-0.25, -0.2) is 0 Å². The second-order valence-electron chi connectivity index (χ2n) is 2.95. The smallest absolute Gasteiger partial charge is 0.168 e. The van der Waals surface area contributed by atoms with Crippen molar-refractivity contribution in [3.05, 3.63) is 23.8 Å². The van der Waals surface area contributed by atoms with Crippen molar-refractivity contribution in [1.82, 2.24) is 0 Å². The Morgan fingerprint density at radius 2 is 2.27 bits per heavy atom. The largest absolute Gasteiger partial charge is 0.493 e. The normalized spacial score (nSPS) is 10.1. The first-order chi connectivity index (χ1) is 7.20. The molecule has 15 heavy (non-hydrogen) atoms. The van der Waals surface area contributed by atoms with Crippen LogP contribution in [0.1, 0.15) is 23.7 Å². The van der Waals surface area contributed by atoms with Crippen LogP contribution in [0.3, 0.4) is 0 Å². The maximum atomic E-state index is 11.8. The van der Waals surface area contributed by atoms with Gasteiger partial charge in [0.15, 0.2) is 5.78 Å². The molecule has 0 heterocycles. The minimum atomic E-state index is 0.0564. The number of alkyl halides is 1. The first kappa shape index (κ1) is 12.6. The fourth-order valence-corrected chi connectivity index (χ4v) is 1.97. The quantitative estimate of drug-likeness (QED) is 0.511. The van der Waals surface area contributed by atoms with Gasteiger partial charge in [0.1, 0.15) is 5.75 Å². The van der Waals surface area contributed by atoms with E-state index >= 15 is 0 Å². The summed E-state index contributed by atoms with van der Waals surface area (Å²) < 4.78 is 5.40. The number of benzene rings is 1. The Labute approximate surface area is 104 Å². The average Bonchev–Trinajstić information content (AvgIpc) is 2.18. The van der Waals surface area contributed by atoms with Crippen LogP contribution in [0.5, 0.6) is 5.75 Å². The Balaban J connectivity index is 3.06. The van der Waals surface area contributed by atoms with Crippen LogP contribution in [0.25, 0.3) is 0 Å². The predicted molar refractivity (Wildman–Crippen MR) is 67.6 cm³/mol. The summed E-state index contributed by atoms with van der Waals surface area (Å²) in [6.07, 6.45) is 0.456. The Morgan fingerprint density at radius 3 is 2.87 bits per heavy atom.